The van der Waals surface area contributed by atoms with Crippen molar-refractivity contribution in [2.75, 3.05) is 19.7 Å². The maximum atomic E-state index is 13.6. The number of ether oxygens (including phenoxy) is 1. The minimum absolute atomic E-state index is 0.0644. The number of carbonyl (C=O) groups excluding carboxylic acids is 2. The van der Waals surface area contributed by atoms with Crippen LogP contribution in [0.25, 0.3) is 11.1 Å². The second kappa shape index (κ2) is 7.95. The van der Waals surface area contributed by atoms with E-state index in [1.807, 2.05) is 30.3 Å². The number of halogens is 1. The molecule has 1 saturated heterocycles. The Bertz CT molecular complexity index is 928. The molecule has 0 unspecified atom stereocenters. The largest absolute Gasteiger partial charge is 0.361 e. The van der Waals surface area contributed by atoms with Crippen LogP contribution in [0.3, 0.4) is 0 Å². The number of hydrogen-bond donors (Lipinski definition) is 1. The molecule has 2 fully saturated rings. The number of hydrogen-bond acceptors (Lipinski definition) is 3. The molecule has 2 amide bonds. The molecule has 2 aromatic carbocycles. The zero-order valence-electron chi connectivity index (χ0n) is 16.5. The van der Waals surface area contributed by atoms with Crippen LogP contribution in [0.4, 0.5) is 4.39 Å². The van der Waals surface area contributed by atoms with Crippen molar-refractivity contribution in [3.63, 3.8) is 0 Å². The predicted molar refractivity (Wildman–Crippen MR) is 108 cm³/mol. The van der Waals surface area contributed by atoms with Crippen LogP contribution in [0.1, 0.15) is 25.3 Å². The molecular weight excluding hydrogens is 371 g/mol. The Morgan fingerprint density at radius 1 is 1.17 bits per heavy atom. The molecule has 1 atom stereocenters. The van der Waals surface area contributed by atoms with Gasteiger partial charge in [-0.25, -0.2) is 4.39 Å². The smallest absolute Gasteiger partial charge is 0.254 e. The highest BCUT2D eigenvalue weighted by molar-refractivity contribution is 5.87. The van der Waals surface area contributed by atoms with Gasteiger partial charge in [0.1, 0.15) is 5.82 Å². The Kier molecular flexibility index (Phi) is 5.37. The van der Waals surface area contributed by atoms with Gasteiger partial charge in [0.25, 0.3) is 5.91 Å². The van der Waals surface area contributed by atoms with Crippen molar-refractivity contribution in [3.8, 4) is 11.1 Å². The molecule has 2 aromatic rings. The van der Waals surface area contributed by atoms with E-state index in [1.54, 1.807) is 11.0 Å². The first-order valence-corrected chi connectivity index (χ1v) is 10.0. The van der Waals surface area contributed by atoms with E-state index in [2.05, 4.69) is 5.32 Å². The number of nitrogens with zero attached hydrogens (tertiary/aromatic N) is 1. The summed E-state index contributed by atoms with van der Waals surface area (Å²) in [6.45, 7) is 2.54. The minimum atomic E-state index is -1.12. The summed E-state index contributed by atoms with van der Waals surface area (Å²) in [5.41, 5.74) is 1.44. The van der Waals surface area contributed by atoms with Gasteiger partial charge in [0.2, 0.25) is 5.91 Å². The number of nitrogens with one attached hydrogen (secondary N) is 1. The highest BCUT2D eigenvalue weighted by atomic mass is 19.1. The molecule has 1 aliphatic carbocycles. The third-order valence-corrected chi connectivity index (χ3v) is 5.53. The molecule has 0 radical (unpaired) electrons. The fraction of sp³-hybridized carbons (Fsp3) is 0.391. The molecule has 0 aromatic heterocycles. The van der Waals surface area contributed by atoms with Crippen LogP contribution < -0.4 is 5.32 Å². The monoisotopic (exact) mass is 396 g/mol. The van der Waals surface area contributed by atoms with E-state index >= 15 is 0 Å². The molecule has 6 heteroatoms. The molecule has 1 aliphatic heterocycles. The number of benzene rings is 2. The molecule has 1 saturated carbocycles. The standard InChI is InChI=1S/C23H25FN2O3/c1-16(27)26-10-11-29-23(15-26,22(28)25-21-8-9-21)14-17-4-2-5-18(12-17)19-6-3-7-20(24)13-19/h2-7,12-13,21H,8-11,14-15H2,1H3,(H,25,28)/t23-/m0/s1. The van der Waals surface area contributed by atoms with E-state index in [9.17, 15) is 14.0 Å². The van der Waals surface area contributed by atoms with E-state index in [0.717, 1.165) is 29.5 Å². The fourth-order valence-electron chi connectivity index (χ4n) is 3.78. The van der Waals surface area contributed by atoms with Gasteiger partial charge < -0.3 is 15.0 Å². The minimum Gasteiger partial charge on any atom is -0.361 e. The molecule has 0 spiro atoms. The molecule has 1 N–H and O–H groups in total. The van der Waals surface area contributed by atoms with Gasteiger partial charge in [-0.2, -0.15) is 0 Å². The van der Waals surface area contributed by atoms with Crippen molar-refractivity contribution >= 4 is 11.8 Å². The Balaban J connectivity index is 1.63. The normalized spacial score (nSPS) is 21.7. The summed E-state index contributed by atoms with van der Waals surface area (Å²) in [5.74, 6) is -0.520. The lowest BCUT2D eigenvalue weighted by Gasteiger charge is -2.41. The number of amides is 2. The Hall–Kier alpha value is -2.73. The van der Waals surface area contributed by atoms with Crippen molar-refractivity contribution < 1.29 is 18.7 Å². The first kappa shape index (κ1) is 19.6. The molecular formula is C23H25FN2O3. The zero-order valence-corrected chi connectivity index (χ0v) is 16.5. The van der Waals surface area contributed by atoms with E-state index in [4.69, 9.17) is 4.74 Å². The quantitative estimate of drug-likeness (QED) is 0.846. The number of carbonyl (C=O) groups is 2. The van der Waals surface area contributed by atoms with Crippen LogP contribution >= 0.6 is 0 Å². The summed E-state index contributed by atoms with van der Waals surface area (Å²) in [6, 6.07) is 14.3. The van der Waals surface area contributed by atoms with E-state index < -0.39 is 5.60 Å². The SMILES string of the molecule is CC(=O)N1CCO[C@](Cc2cccc(-c3cccc(F)c3)c2)(C(=O)NC2CC2)C1. The van der Waals surface area contributed by atoms with Gasteiger partial charge >= 0.3 is 0 Å². The molecule has 152 valence electrons. The van der Waals surface area contributed by atoms with Crippen LogP contribution in [0.5, 0.6) is 0 Å². The second-order valence-electron chi connectivity index (χ2n) is 7.92. The molecule has 5 nitrogen and oxygen atoms in total. The summed E-state index contributed by atoms with van der Waals surface area (Å²) in [5, 5.41) is 3.05. The average molecular weight is 396 g/mol. The summed E-state index contributed by atoms with van der Waals surface area (Å²) in [7, 11) is 0. The molecule has 1 heterocycles. The van der Waals surface area contributed by atoms with Crippen LogP contribution in [-0.4, -0.2) is 48.1 Å². The number of morpholine rings is 1. The molecule has 4 rings (SSSR count). The topological polar surface area (TPSA) is 58.6 Å². The third kappa shape index (κ3) is 4.48. The van der Waals surface area contributed by atoms with Gasteiger partial charge in [-0.05, 0) is 41.7 Å². The lowest BCUT2D eigenvalue weighted by molar-refractivity contribution is -0.165. The fourth-order valence-corrected chi connectivity index (χ4v) is 3.78. The second-order valence-corrected chi connectivity index (χ2v) is 7.92. The number of rotatable bonds is 5. The van der Waals surface area contributed by atoms with E-state index in [1.165, 1.54) is 19.1 Å². The Morgan fingerprint density at radius 2 is 1.90 bits per heavy atom. The van der Waals surface area contributed by atoms with Gasteiger partial charge in [-0.1, -0.05) is 36.4 Å². The van der Waals surface area contributed by atoms with Gasteiger partial charge in [-0.3, -0.25) is 9.59 Å². The summed E-state index contributed by atoms with van der Waals surface area (Å²) in [4.78, 5) is 26.8. The average Bonchev–Trinajstić information content (AvgIpc) is 3.52. The summed E-state index contributed by atoms with van der Waals surface area (Å²) < 4.78 is 19.7. The Labute approximate surface area is 169 Å². The van der Waals surface area contributed by atoms with Crippen LogP contribution in [0.2, 0.25) is 0 Å². The lowest BCUT2D eigenvalue weighted by Crippen LogP contribution is -2.62. The van der Waals surface area contributed by atoms with Crippen LogP contribution in [-0.2, 0) is 20.7 Å². The molecule has 29 heavy (non-hydrogen) atoms. The highest BCUT2D eigenvalue weighted by Gasteiger charge is 2.46. The maximum absolute atomic E-state index is 13.6. The van der Waals surface area contributed by atoms with Gasteiger partial charge in [0.05, 0.1) is 13.2 Å². The lowest BCUT2D eigenvalue weighted by atomic mass is 9.89. The van der Waals surface area contributed by atoms with Crippen molar-refractivity contribution in [3.05, 3.63) is 59.9 Å². The van der Waals surface area contributed by atoms with Crippen LogP contribution in [0.15, 0.2) is 48.5 Å². The third-order valence-electron chi connectivity index (χ3n) is 5.53. The van der Waals surface area contributed by atoms with Crippen molar-refractivity contribution in [2.24, 2.45) is 0 Å². The van der Waals surface area contributed by atoms with Gasteiger partial charge in [0, 0.05) is 25.9 Å². The zero-order chi connectivity index (χ0) is 20.4. The maximum Gasteiger partial charge on any atom is 0.254 e. The molecule has 2 aliphatic rings. The Morgan fingerprint density at radius 3 is 2.59 bits per heavy atom. The van der Waals surface area contributed by atoms with Crippen molar-refractivity contribution in [1.82, 2.24) is 10.2 Å². The van der Waals surface area contributed by atoms with Crippen LogP contribution in [0, 0.1) is 5.82 Å². The molecule has 0 bridgehead atoms. The summed E-state index contributed by atoms with van der Waals surface area (Å²) in [6.07, 6.45) is 2.30. The van der Waals surface area contributed by atoms with Gasteiger partial charge in [-0.15, -0.1) is 0 Å². The first-order chi connectivity index (χ1) is 13.9. The van der Waals surface area contributed by atoms with E-state index in [-0.39, 0.29) is 30.2 Å². The van der Waals surface area contributed by atoms with E-state index in [0.29, 0.717) is 19.6 Å². The highest BCUT2D eigenvalue weighted by Crippen LogP contribution is 2.29. The predicted octanol–water partition coefficient (Wildman–Crippen LogP) is 2.93. The summed E-state index contributed by atoms with van der Waals surface area (Å²) >= 11 is 0. The van der Waals surface area contributed by atoms with Crippen molar-refractivity contribution in [1.29, 1.82) is 0 Å². The first-order valence-electron chi connectivity index (χ1n) is 10.0. The van der Waals surface area contributed by atoms with Crippen molar-refractivity contribution in [2.45, 2.75) is 37.8 Å². The van der Waals surface area contributed by atoms with Gasteiger partial charge in [0.15, 0.2) is 5.60 Å².